The molecule has 2 rings (SSSR count). The van der Waals surface area contributed by atoms with Crippen LogP contribution in [0.1, 0.15) is 41.5 Å². The number of rotatable bonds is 4. The zero-order chi connectivity index (χ0) is 15.7. The lowest BCUT2D eigenvalue weighted by molar-refractivity contribution is 0.235. The highest BCUT2D eigenvalue weighted by Gasteiger charge is 2.31. The van der Waals surface area contributed by atoms with Gasteiger partial charge < -0.3 is 9.47 Å². The molecule has 0 aromatic heterocycles. The molecule has 0 fully saturated rings. The summed E-state index contributed by atoms with van der Waals surface area (Å²) >= 11 is 0. The van der Waals surface area contributed by atoms with Gasteiger partial charge in [-0.05, 0) is 10.8 Å². The van der Waals surface area contributed by atoms with Crippen LogP contribution >= 0.6 is 8.58 Å². The first kappa shape index (κ1) is 16.7. The fourth-order valence-electron chi connectivity index (χ4n) is 2.20. The molecule has 4 nitrogen and oxygen atoms in total. The normalized spacial score (nSPS) is 26.8. The second kappa shape index (κ2) is 6.24. The van der Waals surface area contributed by atoms with Gasteiger partial charge in [0.2, 0.25) is 0 Å². The molecule has 1 unspecified atom stereocenters. The lowest BCUT2D eigenvalue weighted by atomic mass is 9.88. The van der Waals surface area contributed by atoms with Crippen LogP contribution in [0.4, 0.5) is 0 Å². The molecule has 3 atom stereocenters. The highest BCUT2D eigenvalue weighted by molar-refractivity contribution is 7.40. The molecule has 0 aromatic carbocycles. The third-order valence-electron chi connectivity index (χ3n) is 3.97. The lowest BCUT2D eigenvalue weighted by Gasteiger charge is -2.21. The molecule has 0 N–H and O–H groups in total. The van der Waals surface area contributed by atoms with E-state index in [0.717, 1.165) is 45.9 Å². The summed E-state index contributed by atoms with van der Waals surface area (Å²) in [7, 11) is 0.735. The van der Waals surface area contributed by atoms with Gasteiger partial charge in [-0.2, -0.15) is 0 Å². The Morgan fingerprint density at radius 1 is 0.857 bits per heavy atom. The maximum atomic E-state index is 5.71. The Kier molecular flexibility index (Phi) is 4.97. The van der Waals surface area contributed by atoms with E-state index in [-0.39, 0.29) is 10.8 Å². The first-order valence-electron chi connectivity index (χ1n) is 7.76. The summed E-state index contributed by atoms with van der Waals surface area (Å²) in [4.78, 5) is 9.40. The van der Waals surface area contributed by atoms with Crippen LogP contribution in [0, 0.1) is 10.8 Å². The van der Waals surface area contributed by atoms with Crippen molar-refractivity contribution < 1.29 is 9.47 Å². The van der Waals surface area contributed by atoms with Gasteiger partial charge >= 0.3 is 0 Å². The molecule has 0 spiro atoms. The quantitative estimate of drug-likeness (QED) is 0.747. The van der Waals surface area contributed by atoms with Crippen molar-refractivity contribution in [3.8, 4) is 0 Å². The molecule has 21 heavy (non-hydrogen) atoms. The van der Waals surface area contributed by atoms with Gasteiger partial charge in [0, 0.05) is 12.3 Å². The van der Waals surface area contributed by atoms with E-state index in [1.54, 1.807) is 0 Å². The van der Waals surface area contributed by atoms with E-state index < -0.39 is 0 Å². The summed E-state index contributed by atoms with van der Waals surface area (Å²) in [6.45, 7) is 14.7. The maximum absolute atomic E-state index is 5.71. The first-order valence-corrected chi connectivity index (χ1v) is 9.17. The van der Waals surface area contributed by atoms with Gasteiger partial charge in [-0.15, -0.1) is 8.58 Å². The summed E-state index contributed by atoms with van der Waals surface area (Å²) < 4.78 is 11.4. The van der Waals surface area contributed by atoms with Crippen molar-refractivity contribution in [3.05, 3.63) is 0 Å². The number of hydrogen-bond acceptors (Lipinski definition) is 4. The predicted molar refractivity (Wildman–Crippen MR) is 91.3 cm³/mol. The van der Waals surface area contributed by atoms with Gasteiger partial charge in [0.15, 0.2) is 11.8 Å². The van der Waals surface area contributed by atoms with Crippen LogP contribution in [0.3, 0.4) is 0 Å². The molecule has 0 bridgehead atoms. The molecular formula is C16H29N2O2P. The number of aliphatic imine (C=N–C) groups is 2. The second-order valence-electron chi connectivity index (χ2n) is 8.03. The van der Waals surface area contributed by atoms with Crippen LogP contribution in [-0.2, 0) is 9.47 Å². The fraction of sp³-hybridized carbons (Fsp3) is 0.875. The van der Waals surface area contributed by atoms with Crippen LogP contribution in [-0.4, -0.2) is 49.4 Å². The van der Waals surface area contributed by atoms with Crippen molar-refractivity contribution in [1.29, 1.82) is 0 Å². The van der Waals surface area contributed by atoms with E-state index >= 15 is 0 Å². The Morgan fingerprint density at radius 3 is 1.52 bits per heavy atom. The molecule has 0 saturated carbocycles. The Morgan fingerprint density at radius 2 is 1.24 bits per heavy atom. The molecule has 0 aromatic rings. The Labute approximate surface area is 130 Å². The molecular weight excluding hydrogens is 283 g/mol. The number of ether oxygens (including phenoxy) is 2. The fourth-order valence-corrected chi connectivity index (χ4v) is 3.14. The van der Waals surface area contributed by atoms with E-state index in [4.69, 9.17) is 19.5 Å². The second-order valence-corrected chi connectivity index (χ2v) is 9.24. The summed E-state index contributed by atoms with van der Waals surface area (Å²) in [6, 6.07) is 0.588. The first-order chi connectivity index (χ1) is 9.66. The van der Waals surface area contributed by atoms with Gasteiger partial charge in [0.1, 0.15) is 13.2 Å². The number of nitrogens with zero attached hydrogens (tertiary/aromatic N) is 2. The van der Waals surface area contributed by atoms with E-state index in [1.807, 2.05) is 0 Å². The van der Waals surface area contributed by atoms with E-state index in [9.17, 15) is 0 Å². The third-order valence-corrected chi connectivity index (χ3v) is 5.07. The van der Waals surface area contributed by atoms with E-state index in [2.05, 4.69) is 41.5 Å². The largest absolute Gasteiger partial charge is 0.478 e. The molecule has 120 valence electrons. The van der Waals surface area contributed by atoms with Gasteiger partial charge in [-0.25, -0.2) is 9.98 Å². The summed E-state index contributed by atoms with van der Waals surface area (Å²) in [5.41, 5.74) is 0.368. The topological polar surface area (TPSA) is 43.2 Å². The highest BCUT2D eigenvalue weighted by atomic mass is 31.1. The van der Waals surface area contributed by atoms with Gasteiger partial charge in [-0.1, -0.05) is 41.5 Å². The smallest absolute Gasteiger partial charge is 0.187 e. The van der Waals surface area contributed by atoms with Crippen molar-refractivity contribution >= 4 is 20.4 Å². The van der Waals surface area contributed by atoms with Crippen LogP contribution < -0.4 is 0 Å². The maximum Gasteiger partial charge on any atom is 0.187 e. The molecule has 0 aliphatic carbocycles. The van der Waals surface area contributed by atoms with Crippen LogP contribution in [0.15, 0.2) is 9.98 Å². The molecule has 2 aliphatic heterocycles. The number of hydrogen-bond donors (Lipinski definition) is 0. The Hall–Kier alpha value is -0.630. The van der Waals surface area contributed by atoms with Gasteiger partial charge in [0.25, 0.3) is 0 Å². The van der Waals surface area contributed by atoms with Crippen LogP contribution in [0.5, 0.6) is 0 Å². The van der Waals surface area contributed by atoms with Crippen molar-refractivity contribution in [2.75, 3.05) is 25.5 Å². The summed E-state index contributed by atoms with van der Waals surface area (Å²) in [5, 5.41) is 0. The monoisotopic (exact) mass is 312 g/mol. The highest BCUT2D eigenvalue weighted by Crippen LogP contribution is 2.29. The molecule has 2 aliphatic rings. The van der Waals surface area contributed by atoms with Crippen molar-refractivity contribution in [2.45, 2.75) is 53.6 Å². The van der Waals surface area contributed by atoms with Crippen LogP contribution in [0.2, 0.25) is 0 Å². The lowest BCUT2D eigenvalue weighted by Crippen LogP contribution is -2.25. The zero-order valence-electron chi connectivity index (χ0n) is 14.2. The summed E-state index contributed by atoms with van der Waals surface area (Å²) in [6.07, 6.45) is 1.82. The van der Waals surface area contributed by atoms with Gasteiger partial charge in [0.05, 0.1) is 12.1 Å². The SMILES string of the molecule is CC(C)(C)[C@@H]1COC(CPCC2=N[C@@H](C(C)(C)C)CO2)=N1. The van der Waals surface area contributed by atoms with Crippen molar-refractivity contribution in [2.24, 2.45) is 20.8 Å². The average Bonchev–Trinajstić information content (AvgIpc) is 2.95. The van der Waals surface area contributed by atoms with E-state index in [1.165, 1.54) is 0 Å². The molecule has 5 heteroatoms. The molecule has 2 heterocycles. The predicted octanol–water partition coefficient (Wildman–Crippen LogP) is 3.35. The zero-order valence-corrected chi connectivity index (χ0v) is 15.2. The van der Waals surface area contributed by atoms with Crippen molar-refractivity contribution in [1.82, 2.24) is 0 Å². The minimum Gasteiger partial charge on any atom is -0.478 e. The standard InChI is InChI=1S/C16H29N2O2P/c1-15(2,3)11-7-19-13(17-11)9-21-10-14-18-12(8-20-14)16(4,5)6/h11-12,21H,7-10H2,1-6H3/t11-,12+. The summed E-state index contributed by atoms with van der Waals surface area (Å²) in [5.74, 6) is 1.83. The average molecular weight is 312 g/mol. The Balaban J connectivity index is 1.76. The third kappa shape index (κ3) is 4.67. The minimum atomic E-state index is 0.184. The Bertz CT molecular complexity index is 393. The van der Waals surface area contributed by atoms with Gasteiger partial charge in [-0.3, -0.25) is 0 Å². The van der Waals surface area contributed by atoms with Crippen molar-refractivity contribution in [3.63, 3.8) is 0 Å². The van der Waals surface area contributed by atoms with Crippen LogP contribution in [0.25, 0.3) is 0 Å². The van der Waals surface area contributed by atoms with E-state index in [0.29, 0.717) is 12.1 Å². The molecule has 0 amide bonds. The molecule has 0 radical (unpaired) electrons. The molecule has 0 saturated heterocycles. The minimum absolute atomic E-state index is 0.184.